The number of carbonyl (C=O) groups excluding carboxylic acids is 1. The molecule has 1 aromatic rings. The molecule has 0 spiro atoms. The number of esters is 1. The first-order chi connectivity index (χ1) is 6.68. The summed E-state index contributed by atoms with van der Waals surface area (Å²) in [7, 11) is 0. The molecule has 76 valence electrons. The number of anilines is 1. The molecule has 3 heteroatoms. The SMILES string of the molecule is CC(C)OC(=O)CNc1ccccc1. The maximum absolute atomic E-state index is 11.1. The van der Waals surface area contributed by atoms with Gasteiger partial charge in [0.2, 0.25) is 0 Å². The van der Waals surface area contributed by atoms with Gasteiger partial charge in [-0.15, -0.1) is 0 Å². The van der Waals surface area contributed by atoms with Crippen molar-refractivity contribution in [1.82, 2.24) is 0 Å². The fourth-order valence-electron chi connectivity index (χ4n) is 1.03. The number of hydrogen-bond donors (Lipinski definition) is 1. The van der Waals surface area contributed by atoms with Gasteiger partial charge in [0.05, 0.1) is 6.10 Å². The van der Waals surface area contributed by atoms with Gasteiger partial charge in [-0.2, -0.15) is 0 Å². The van der Waals surface area contributed by atoms with Gasteiger partial charge in [0, 0.05) is 5.69 Å². The summed E-state index contributed by atoms with van der Waals surface area (Å²) >= 11 is 0. The Morgan fingerprint density at radius 2 is 2.00 bits per heavy atom. The van der Waals surface area contributed by atoms with Crippen LogP contribution in [0, 0.1) is 0 Å². The van der Waals surface area contributed by atoms with E-state index in [1.54, 1.807) is 0 Å². The standard InChI is InChI=1S/C11H15NO2/c1-9(2)14-11(13)8-12-10-6-4-3-5-7-10/h3-7,9,12H,8H2,1-2H3. The molecule has 0 aliphatic heterocycles. The van der Waals surface area contributed by atoms with Gasteiger partial charge in [0.1, 0.15) is 6.54 Å². The molecule has 3 nitrogen and oxygen atoms in total. The quantitative estimate of drug-likeness (QED) is 0.744. The predicted octanol–water partition coefficient (Wildman–Crippen LogP) is 2.05. The van der Waals surface area contributed by atoms with Crippen LogP contribution in [-0.2, 0) is 9.53 Å². The average Bonchev–Trinajstić information content (AvgIpc) is 2.15. The van der Waals surface area contributed by atoms with Crippen molar-refractivity contribution in [1.29, 1.82) is 0 Å². The Labute approximate surface area is 84.1 Å². The molecule has 1 rings (SSSR count). The Bertz CT molecular complexity index is 283. The highest BCUT2D eigenvalue weighted by Gasteiger charge is 2.03. The maximum atomic E-state index is 11.1. The van der Waals surface area contributed by atoms with Crippen LogP contribution in [-0.4, -0.2) is 18.6 Å². The monoisotopic (exact) mass is 193 g/mol. The van der Waals surface area contributed by atoms with Crippen LogP contribution in [0.1, 0.15) is 13.8 Å². The third kappa shape index (κ3) is 3.94. The maximum Gasteiger partial charge on any atom is 0.325 e. The summed E-state index contributed by atoms with van der Waals surface area (Å²) in [6.07, 6.45) is -0.0555. The summed E-state index contributed by atoms with van der Waals surface area (Å²) in [6, 6.07) is 9.56. The number of benzene rings is 1. The Morgan fingerprint density at radius 1 is 1.36 bits per heavy atom. The van der Waals surface area contributed by atoms with Crippen molar-refractivity contribution in [2.75, 3.05) is 11.9 Å². The first-order valence-electron chi connectivity index (χ1n) is 4.67. The van der Waals surface area contributed by atoms with E-state index in [2.05, 4.69) is 5.32 Å². The highest BCUT2D eigenvalue weighted by Crippen LogP contribution is 2.04. The van der Waals surface area contributed by atoms with Crippen LogP contribution in [0.25, 0.3) is 0 Å². The molecule has 1 N–H and O–H groups in total. The minimum atomic E-state index is -0.233. The molecule has 0 bridgehead atoms. The van der Waals surface area contributed by atoms with Crippen molar-refractivity contribution in [3.05, 3.63) is 30.3 Å². The molecular formula is C11H15NO2. The van der Waals surface area contributed by atoms with Gasteiger partial charge in [-0.1, -0.05) is 18.2 Å². The molecule has 0 aromatic heterocycles. The summed E-state index contributed by atoms with van der Waals surface area (Å²) in [5.74, 6) is -0.233. The number of hydrogen-bond acceptors (Lipinski definition) is 3. The van der Waals surface area contributed by atoms with Crippen molar-refractivity contribution in [2.45, 2.75) is 20.0 Å². The van der Waals surface area contributed by atoms with Gasteiger partial charge in [0.25, 0.3) is 0 Å². The van der Waals surface area contributed by atoms with Crippen LogP contribution in [0.4, 0.5) is 5.69 Å². The third-order valence-corrected chi connectivity index (χ3v) is 1.58. The molecule has 0 aliphatic rings. The Morgan fingerprint density at radius 3 is 2.57 bits per heavy atom. The molecule has 0 amide bonds. The number of para-hydroxylation sites is 1. The van der Waals surface area contributed by atoms with E-state index in [0.717, 1.165) is 5.69 Å². The first-order valence-corrected chi connectivity index (χ1v) is 4.67. The lowest BCUT2D eigenvalue weighted by molar-refractivity contribution is -0.145. The van der Waals surface area contributed by atoms with Crippen LogP contribution >= 0.6 is 0 Å². The zero-order chi connectivity index (χ0) is 10.4. The van der Waals surface area contributed by atoms with Gasteiger partial charge < -0.3 is 10.1 Å². The van der Waals surface area contributed by atoms with Crippen LogP contribution in [0.3, 0.4) is 0 Å². The zero-order valence-corrected chi connectivity index (χ0v) is 8.49. The molecular weight excluding hydrogens is 178 g/mol. The largest absolute Gasteiger partial charge is 0.462 e. The van der Waals surface area contributed by atoms with Gasteiger partial charge >= 0.3 is 5.97 Å². The molecule has 1 aromatic carbocycles. The van der Waals surface area contributed by atoms with Crippen LogP contribution in [0.15, 0.2) is 30.3 Å². The van der Waals surface area contributed by atoms with E-state index < -0.39 is 0 Å². The topological polar surface area (TPSA) is 38.3 Å². The molecule has 0 unspecified atom stereocenters. The lowest BCUT2D eigenvalue weighted by atomic mass is 10.3. The van der Waals surface area contributed by atoms with Crippen molar-refractivity contribution in [3.63, 3.8) is 0 Å². The molecule has 0 fully saturated rings. The molecule has 14 heavy (non-hydrogen) atoms. The predicted molar refractivity (Wildman–Crippen MR) is 56.2 cm³/mol. The van der Waals surface area contributed by atoms with Crippen LogP contribution < -0.4 is 5.32 Å². The second-order valence-electron chi connectivity index (χ2n) is 3.26. The third-order valence-electron chi connectivity index (χ3n) is 1.58. The van der Waals surface area contributed by atoms with Crippen LogP contribution in [0.5, 0.6) is 0 Å². The Kier molecular flexibility index (Phi) is 3.98. The van der Waals surface area contributed by atoms with E-state index in [4.69, 9.17) is 4.74 Å². The van der Waals surface area contributed by atoms with E-state index in [1.807, 2.05) is 44.2 Å². The Hall–Kier alpha value is -1.51. The minimum Gasteiger partial charge on any atom is -0.462 e. The zero-order valence-electron chi connectivity index (χ0n) is 8.49. The summed E-state index contributed by atoms with van der Waals surface area (Å²) in [4.78, 5) is 11.1. The van der Waals surface area contributed by atoms with Gasteiger partial charge in [-0.05, 0) is 26.0 Å². The average molecular weight is 193 g/mol. The van der Waals surface area contributed by atoms with Crippen molar-refractivity contribution in [3.8, 4) is 0 Å². The van der Waals surface area contributed by atoms with Crippen molar-refractivity contribution >= 4 is 11.7 Å². The number of rotatable bonds is 4. The number of nitrogens with one attached hydrogen (secondary N) is 1. The summed E-state index contributed by atoms with van der Waals surface area (Å²) in [5.41, 5.74) is 0.924. The molecule has 0 heterocycles. The lowest BCUT2D eigenvalue weighted by Gasteiger charge is -2.09. The normalized spacial score (nSPS) is 9.93. The Balaban J connectivity index is 2.31. The van der Waals surface area contributed by atoms with Gasteiger partial charge in [-0.25, -0.2) is 0 Å². The van der Waals surface area contributed by atoms with E-state index in [9.17, 15) is 4.79 Å². The molecule has 0 radical (unpaired) electrons. The highest BCUT2D eigenvalue weighted by atomic mass is 16.5. The van der Waals surface area contributed by atoms with E-state index >= 15 is 0 Å². The molecule has 0 saturated carbocycles. The first kappa shape index (κ1) is 10.6. The van der Waals surface area contributed by atoms with E-state index in [1.165, 1.54) is 0 Å². The summed E-state index contributed by atoms with van der Waals surface area (Å²) in [5, 5.41) is 2.98. The molecule has 0 aliphatic carbocycles. The summed E-state index contributed by atoms with van der Waals surface area (Å²) < 4.78 is 4.97. The number of carbonyl (C=O) groups is 1. The molecule has 0 saturated heterocycles. The van der Waals surface area contributed by atoms with E-state index in [0.29, 0.717) is 0 Å². The van der Waals surface area contributed by atoms with E-state index in [-0.39, 0.29) is 18.6 Å². The molecule has 0 atom stereocenters. The van der Waals surface area contributed by atoms with Gasteiger partial charge in [0.15, 0.2) is 0 Å². The minimum absolute atomic E-state index is 0.0555. The van der Waals surface area contributed by atoms with Crippen LogP contribution in [0.2, 0.25) is 0 Å². The second kappa shape index (κ2) is 5.27. The van der Waals surface area contributed by atoms with Crippen molar-refractivity contribution in [2.24, 2.45) is 0 Å². The second-order valence-corrected chi connectivity index (χ2v) is 3.26. The lowest BCUT2D eigenvalue weighted by Crippen LogP contribution is -2.20. The van der Waals surface area contributed by atoms with Gasteiger partial charge in [-0.3, -0.25) is 4.79 Å². The number of ether oxygens (including phenoxy) is 1. The fraction of sp³-hybridized carbons (Fsp3) is 0.364. The van der Waals surface area contributed by atoms with Crippen molar-refractivity contribution < 1.29 is 9.53 Å². The summed E-state index contributed by atoms with van der Waals surface area (Å²) in [6.45, 7) is 3.88. The smallest absolute Gasteiger partial charge is 0.325 e. The fourth-order valence-corrected chi connectivity index (χ4v) is 1.03. The highest BCUT2D eigenvalue weighted by molar-refractivity contribution is 5.75.